The first-order valence-corrected chi connectivity index (χ1v) is 12.5. The number of nitrogens with zero attached hydrogens (tertiary/aromatic N) is 3. The summed E-state index contributed by atoms with van der Waals surface area (Å²) in [6.45, 7) is 5.66. The van der Waals surface area contributed by atoms with E-state index >= 15 is 0 Å². The van der Waals surface area contributed by atoms with Crippen LogP contribution in [0.1, 0.15) is 40.0 Å². The molecule has 3 aromatic rings. The lowest BCUT2D eigenvalue weighted by Gasteiger charge is -2.52. The third kappa shape index (κ3) is 3.86. The molecule has 2 amide bonds. The zero-order chi connectivity index (χ0) is 26.8. The number of amides is 2. The van der Waals surface area contributed by atoms with Gasteiger partial charge in [0.15, 0.2) is 0 Å². The zero-order valence-corrected chi connectivity index (χ0v) is 20.7. The number of fused-ring (bicyclic) bond motifs is 6. The van der Waals surface area contributed by atoms with Gasteiger partial charge in [0.05, 0.1) is 19.1 Å². The van der Waals surface area contributed by atoms with E-state index in [0.29, 0.717) is 37.2 Å². The van der Waals surface area contributed by atoms with Crippen LogP contribution in [-0.2, 0) is 15.7 Å². The van der Waals surface area contributed by atoms with Crippen LogP contribution in [0, 0.1) is 24.7 Å². The lowest BCUT2D eigenvalue weighted by Crippen LogP contribution is -2.57. The van der Waals surface area contributed by atoms with Gasteiger partial charge in [0, 0.05) is 53.2 Å². The third-order valence-corrected chi connectivity index (χ3v) is 7.98. The molecule has 38 heavy (non-hydrogen) atoms. The van der Waals surface area contributed by atoms with E-state index in [1.807, 2.05) is 19.9 Å². The molecule has 1 aliphatic carbocycles. The molecule has 10 heteroatoms. The standard InChI is InChI=1S/C28H25F3N4O3/c1-3-35-25-19(23-20-12-38-13-21(20)24(23)27(35)37)8-16(11-33-25)18-10-17(5-4-14(18)2)34-26(36)15-6-7-32-22(9-15)28(29,30)31/h4-11,20-21,23-24H,3,12-13H2,1-2H3,(H,34,36)/t20-,21+,23+,24+/m1/s1. The van der Waals surface area contributed by atoms with Crippen molar-refractivity contribution in [2.45, 2.75) is 25.9 Å². The topological polar surface area (TPSA) is 84.4 Å². The van der Waals surface area contributed by atoms with Crippen molar-refractivity contribution < 1.29 is 27.5 Å². The first kappa shape index (κ1) is 24.5. The van der Waals surface area contributed by atoms with Crippen molar-refractivity contribution in [3.05, 3.63) is 71.2 Å². The van der Waals surface area contributed by atoms with Crippen LogP contribution in [0.3, 0.4) is 0 Å². The number of rotatable bonds is 4. The van der Waals surface area contributed by atoms with Crippen molar-refractivity contribution in [3.8, 4) is 11.1 Å². The fourth-order valence-electron chi connectivity index (χ4n) is 6.10. The summed E-state index contributed by atoms with van der Waals surface area (Å²) >= 11 is 0. The molecular formula is C28H25F3N4O3. The zero-order valence-electron chi connectivity index (χ0n) is 20.7. The summed E-state index contributed by atoms with van der Waals surface area (Å²) in [6, 6.07) is 9.38. The van der Waals surface area contributed by atoms with Crippen molar-refractivity contribution in [1.29, 1.82) is 0 Å². The lowest BCUT2D eigenvalue weighted by atomic mass is 9.54. The quantitative estimate of drug-likeness (QED) is 0.518. The average Bonchev–Trinajstić information content (AvgIpc) is 3.28. The van der Waals surface area contributed by atoms with Gasteiger partial charge >= 0.3 is 6.18 Å². The van der Waals surface area contributed by atoms with Gasteiger partial charge < -0.3 is 10.1 Å². The molecule has 2 fully saturated rings. The van der Waals surface area contributed by atoms with Crippen molar-refractivity contribution >= 4 is 23.3 Å². The predicted octanol–water partition coefficient (Wildman–Crippen LogP) is 5.07. The van der Waals surface area contributed by atoms with E-state index < -0.39 is 17.8 Å². The molecule has 3 aliphatic rings. The molecule has 1 saturated carbocycles. The number of aromatic nitrogens is 2. The Bertz CT molecular complexity index is 1460. The van der Waals surface area contributed by atoms with Gasteiger partial charge in [-0.1, -0.05) is 6.07 Å². The van der Waals surface area contributed by atoms with E-state index in [2.05, 4.69) is 16.4 Å². The summed E-state index contributed by atoms with van der Waals surface area (Å²) < 4.78 is 44.8. The number of hydrogen-bond acceptors (Lipinski definition) is 5. The van der Waals surface area contributed by atoms with Crippen molar-refractivity contribution in [2.75, 3.05) is 30.0 Å². The number of halogens is 3. The Labute approximate surface area is 217 Å². The van der Waals surface area contributed by atoms with Crippen LogP contribution in [0.2, 0.25) is 0 Å². The largest absolute Gasteiger partial charge is 0.433 e. The molecule has 4 atom stereocenters. The maximum absolute atomic E-state index is 13.2. The highest BCUT2D eigenvalue weighted by atomic mass is 19.4. The molecular weight excluding hydrogens is 497 g/mol. The minimum atomic E-state index is -4.64. The first-order chi connectivity index (χ1) is 18.2. The average molecular weight is 523 g/mol. The smallest absolute Gasteiger partial charge is 0.381 e. The number of nitrogens with one attached hydrogen (secondary N) is 1. The summed E-state index contributed by atoms with van der Waals surface area (Å²) in [7, 11) is 0. The van der Waals surface area contributed by atoms with Crippen LogP contribution in [0.15, 0.2) is 48.8 Å². The number of benzene rings is 1. The number of ether oxygens (including phenoxy) is 1. The summed E-state index contributed by atoms with van der Waals surface area (Å²) in [6.07, 6.45) is -1.95. The van der Waals surface area contributed by atoms with Crippen molar-refractivity contribution in [2.24, 2.45) is 17.8 Å². The molecule has 7 nitrogen and oxygen atoms in total. The number of pyridine rings is 2. The summed E-state index contributed by atoms with van der Waals surface area (Å²) in [5.41, 5.74) is 2.82. The fourth-order valence-corrected chi connectivity index (χ4v) is 6.10. The van der Waals surface area contributed by atoms with E-state index in [1.54, 1.807) is 23.2 Å². The molecule has 2 aromatic heterocycles. The highest BCUT2D eigenvalue weighted by Crippen LogP contribution is 2.60. The van der Waals surface area contributed by atoms with Gasteiger partial charge in [0.2, 0.25) is 5.91 Å². The van der Waals surface area contributed by atoms with E-state index in [-0.39, 0.29) is 29.2 Å². The van der Waals surface area contributed by atoms with Crippen molar-refractivity contribution in [1.82, 2.24) is 9.97 Å². The number of hydrogen-bond donors (Lipinski definition) is 1. The summed E-state index contributed by atoms with van der Waals surface area (Å²) in [5.74, 6) is 0.643. The van der Waals surface area contributed by atoms with Gasteiger partial charge in [0.25, 0.3) is 5.91 Å². The van der Waals surface area contributed by atoms with Crippen LogP contribution < -0.4 is 10.2 Å². The molecule has 0 bridgehead atoms. The van der Waals surface area contributed by atoms with Crippen molar-refractivity contribution in [3.63, 3.8) is 0 Å². The first-order valence-electron chi connectivity index (χ1n) is 12.5. The highest BCUT2D eigenvalue weighted by Gasteiger charge is 2.60. The Morgan fingerprint density at radius 2 is 1.87 bits per heavy atom. The number of anilines is 2. The van der Waals surface area contributed by atoms with Crippen LogP contribution >= 0.6 is 0 Å². The Hall–Kier alpha value is -3.79. The Kier molecular flexibility index (Phi) is 5.75. The van der Waals surface area contributed by atoms with Gasteiger partial charge in [-0.3, -0.25) is 19.5 Å². The highest BCUT2D eigenvalue weighted by molar-refractivity contribution is 6.04. The minimum Gasteiger partial charge on any atom is -0.381 e. The van der Waals surface area contributed by atoms with Gasteiger partial charge in [-0.05, 0) is 61.2 Å². The number of aryl methyl sites for hydroxylation is 1. The molecule has 0 spiro atoms. The van der Waals surface area contributed by atoms with Gasteiger partial charge in [-0.15, -0.1) is 0 Å². The van der Waals surface area contributed by atoms with Crippen LogP contribution in [0.4, 0.5) is 24.7 Å². The normalized spacial score (nSPS) is 23.8. The van der Waals surface area contributed by atoms with Gasteiger partial charge in [0.1, 0.15) is 11.5 Å². The predicted molar refractivity (Wildman–Crippen MR) is 134 cm³/mol. The van der Waals surface area contributed by atoms with Crippen LogP contribution in [0.25, 0.3) is 11.1 Å². The van der Waals surface area contributed by atoms with E-state index in [9.17, 15) is 22.8 Å². The van der Waals surface area contributed by atoms with E-state index in [4.69, 9.17) is 9.72 Å². The van der Waals surface area contributed by atoms with Gasteiger partial charge in [-0.25, -0.2) is 4.98 Å². The second-order valence-corrected chi connectivity index (χ2v) is 10.0. The summed E-state index contributed by atoms with van der Waals surface area (Å²) in [5, 5.41) is 2.69. The van der Waals surface area contributed by atoms with Crippen LogP contribution in [0.5, 0.6) is 0 Å². The third-order valence-electron chi connectivity index (χ3n) is 7.98. The molecule has 6 rings (SSSR count). The molecule has 1 aromatic carbocycles. The second kappa shape index (κ2) is 8.90. The Morgan fingerprint density at radius 3 is 2.61 bits per heavy atom. The molecule has 1 saturated heterocycles. The maximum Gasteiger partial charge on any atom is 0.433 e. The molecule has 0 radical (unpaired) electrons. The number of alkyl halides is 3. The SMILES string of the molecule is CCN1C(=O)[C@H]2[C@H]3COC[C@H]3[C@@H]2c2cc(-c3cc(NC(=O)c4ccnc(C(F)(F)F)c4)ccc3C)cnc21. The van der Waals surface area contributed by atoms with Crippen LogP contribution in [-0.4, -0.2) is 41.5 Å². The monoisotopic (exact) mass is 522 g/mol. The maximum atomic E-state index is 13.2. The lowest BCUT2D eigenvalue weighted by molar-refractivity contribution is -0.141. The molecule has 4 heterocycles. The number of carbonyl (C=O) groups excluding carboxylic acids is 2. The molecule has 1 N–H and O–H groups in total. The van der Waals surface area contributed by atoms with E-state index in [0.717, 1.165) is 34.5 Å². The van der Waals surface area contributed by atoms with Gasteiger partial charge in [-0.2, -0.15) is 13.2 Å². The van der Waals surface area contributed by atoms with E-state index in [1.165, 1.54) is 6.07 Å². The Morgan fingerprint density at radius 1 is 1.11 bits per heavy atom. The molecule has 196 valence electrons. The molecule has 0 unspecified atom stereocenters. The summed E-state index contributed by atoms with van der Waals surface area (Å²) in [4.78, 5) is 35.7. The minimum absolute atomic E-state index is 0.0676. The molecule has 2 aliphatic heterocycles. The Balaban J connectivity index is 1.32. The second-order valence-electron chi connectivity index (χ2n) is 10.0. The number of carbonyl (C=O) groups is 2. The fraction of sp³-hybridized carbons (Fsp3) is 0.357.